The van der Waals surface area contributed by atoms with Crippen molar-refractivity contribution in [3.63, 3.8) is 0 Å². The van der Waals surface area contributed by atoms with Crippen LogP contribution < -0.4 is 0 Å². The van der Waals surface area contributed by atoms with Crippen LogP contribution >= 0.6 is 35.8 Å². The van der Waals surface area contributed by atoms with Crippen molar-refractivity contribution in [1.29, 1.82) is 0 Å². The second-order valence-corrected chi connectivity index (χ2v) is 4.13. The highest BCUT2D eigenvalue weighted by Crippen LogP contribution is 2.14. The molecule has 1 amide bonds. The van der Waals surface area contributed by atoms with Crippen LogP contribution in [0.1, 0.15) is 13.3 Å². The molecule has 0 spiro atoms. The summed E-state index contributed by atoms with van der Waals surface area (Å²) in [7, 11) is 0. The highest BCUT2D eigenvalue weighted by Gasteiger charge is 2.30. The van der Waals surface area contributed by atoms with Crippen molar-refractivity contribution < 1.29 is 9.28 Å². The van der Waals surface area contributed by atoms with E-state index < -0.39 is 0 Å². The Labute approximate surface area is 107 Å². The summed E-state index contributed by atoms with van der Waals surface area (Å²) < 4.78 is 0.242. The van der Waals surface area contributed by atoms with Crippen LogP contribution in [0, 0.1) is 0 Å². The van der Waals surface area contributed by atoms with Crippen LogP contribution in [-0.2, 0) is 0 Å². The van der Waals surface area contributed by atoms with E-state index in [1.54, 1.807) is 12.2 Å². The van der Waals surface area contributed by atoms with Crippen LogP contribution in [0.15, 0.2) is 23.2 Å². The first kappa shape index (κ1) is 15.0. The molecule has 0 bridgehead atoms. The lowest BCUT2D eigenvalue weighted by atomic mass is 10.3. The number of quaternary nitrogens is 1. The van der Waals surface area contributed by atoms with Gasteiger partial charge in [-0.15, -0.1) is 0 Å². The first-order valence-electron chi connectivity index (χ1n) is 4.73. The van der Waals surface area contributed by atoms with Crippen molar-refractivity contribution in [1.82, 2.24) is 0 Å². The third-order valence-corrected chi connectivity index (χ3v) is 2.93. The molecular weight excluding hydrogens is 253 g/mol. The number of amides is 1. The minimum absolute atomic E-state index is 0.165. The molecule has 0 aliphatic rings. The van der Waals surface area contributed by atoms with Gasteiger partial charge in [-0.2, -0.15) is 0 Å². The van der Waals surface area contributed by atoms with Crippen LogP contribution in [-0.4, -0.2) is 29.4 Å². The molecule has 5 heteroatoms. The standard InChI is InChI=1S/C10H15Cl2NOS/c1-2-7-13(10(14)15,8-3-5-11)9-4-6-12/h3-6H,2,7-9H2,1H3/p+1. The maximum Gasteiger partial charge on any atom is 0.372 e. The lowest BCUT2D eigenvalue weighted by Gasteiger charge is -2.31. The Kier molecular flexibility index (Phi) is 8.24. The van der Waals surface area contributed by atoms with E-state index in [1.165, 1.54) is 11.1 Å². The van der Waals surface area contributed by atoms with Gasteiger partial charge in [0.15, 0.2) is 0 Å². The Morgan fingerprint density at radius 1 is 1.27 bits per heavy atom. The molecule has 0 atom stereocenters. The SMILES string of the molecule is CCC[N+](CC=CCl)(CC=CCl)C(=O)S. The minimum atomic E-state index is -0.165. The number of hydrogen-bond acceptors (Lipinski definition) is 1. The van der Waals surface area contributed by atoms with Crippen LogP contribution in [0.3, 0.4) is 0 Å². The van der Waals surface area contributed by atoms with E-state index in [1.807, 2.05) is 6.92 Å². The molecule has 0 unspecified atom stereocenters. The lowest BCUT2D eigenvalue weighted by molar-refractivity contribution is -0.831. The van der Waals surface area contributed by atoms with E-state index in [0.717, 1.165) is 13.0 Å². The number of hydrogen-bond donors (Lipinski definition) is 1. The van der Waals surface area contributed by atoms with Gasteiger partial charge in [0.25, 0.3) is 0 Å². The van der Waals surface area contributed by atoms with E-state index in [-0.39, 0.29) is 9.72 Å². The summed E-state index contributed by atoms with van der Waals surface area (Å²) in [5.41, 5.74) is 2.84. The minimum Gasteiger partial charge on any atom is -0.244 e. The fourth-order valence-corrected chi connectivity index (χ4v) is 1.84. The molecular formula is C10H16Cl2NOS+. The molecule has 86 valence electrons. The van der Waals surface area contributed by atoms with Crippen LogP contribution in [0.5, 0.6) is 0 Å². The fourth-order valence-electron chi connectivity index (χ4n) is 1.42. The molecule has 0 fully saturated rings. The summed E-state index contributed by atoms with van der Waals surface area (Å²) in [6, 6.07) is 0. The van der Waals surface area contributed by atoms with E-state index in [4.69, 9.17) is 23.2 Å². The van der Waals surface area contributed by atoms with Crippen molar-refractivity contribution >= 4 is 41.1 Å². The number of carbonyl (C=O) groups is 1. The Morgan fingerprint density at radius 3 is 2.00 bits per heavy atom. The monoisotopic (exact) mass is 268 g/mol. The third-order valence-electron chi connectivity index (χ3n) is 2.15. The Hall–Kier alpha value is 0.0400. The molecule has 0 saturated carbocycles. The predicted molar refractivity (Wildman–Crippen MR) is 69.5 cm³/mol. The summed E-state index contributed by atoms with van der Waals surface area (Å²) in [6.07, 6.45) is 4.42. The smallest absolute Gasteiger partial charge is 0.244 e. The van der Waals surface area contributed by atoms with Gasteiger partial charge < -0.3 is 0 Å². The van der Waals surface area contributed by atoms with E-state index in [9.17, 15) is 4.79 Å². The number of rotatable bonds is 6. The number of thiol groups is 1. The van der Waals surface area contributed by atoms with E-state index >= 15 is 0 Å². The van der Waals surface area contributed by atoms with Gasteiger partial charge in [-0.05, 0) is 31.2 Å². The normalized spacial score (nSPS) is 16.0. The van der Waals surface area contributed by atoms with Crippen molar-refractivity contribution in [2.75, 3.05) is 19.6 Å². The molecule has 0 aromatic carbocycles. The van der Waals surface area contributed by atoms with Gasteiger partial charge in [-0.3, -0.25) is 0 Å². The third kappa shape index (κ3) is 5.07. The van der Waals surface area contributed by atoms with Crippen molar-refractivity contribution in [2.24, 2.45) is 0 Å². The summed E-state index contributed by atoms with van der Waals surface area (Å²) in [5, 5.41) is -0.165. The maximum absolute atomic E-state index is 11.6. The number of carbonyl (C=O) groups excluding carboxylic acids is 1. The number of nitrogens with zero attached hydrogens (tertiary/aromatic N) is 1. The highest BCUT2D eigenvalue weighted by molar-refractivity contribution is 7.96. The molecule has 15 heavy (non-hydrogen) atoms. The molecule has 0 aliphatic carbocycles. The molecule has 0 N–H and O–H groups in total. The molecule has 0 aromatic rings. The summed E-state index contributed by atoms with van der Waals surface area (Å²) >= 11 is 14.9. The van der Waals surface area contributed by atoms with Gasteiger partial charge in [0.05, 0.1) is 6.54 Å². The largest absolute Gasteiger partial charge is 0.372 e. The van der Waals surface area contributed by atoms with Crippen molar-refractivity contribution in [3.8, 4) is 0 Å². The molecule has 0 aromatic heterocycles. The highest BCUT2D eigenvalue weighted by atomic mass is 35.5. The van der Waals surface area contributed by atoms with Gasteiger partial charge >= 0.3 is 5.24 Å². The zero-order valence-corrected chi connectivity index (χ0v) is 11.1. The summed E-state index contributed by atoms with van der Waals surface area (Å²) in [5.74, 6) is 0. The molecule has 0 rings (SSSR count). The quantitative estimate of drug-likeness (QED) is 0.573. The topological polar surface area (TPSA) is 17.1 Å². The van der Waals surface area contributed by atoms with Crippen molar-refractivity contribution in [3.05, 3.63) is 23.2 Å². The Morgan fingerprint density at radius 2 is 1.73 bits per heavy atom. The lowest BCUT2D eigenvalue weighted by Crippen LogP contribution is -2.50. The van der Waals surface area contributed by atoms with Gasteiger partial charge in [0, 0.05) is 11.1 Å². The van der Waals surface area contributed by atoms with Gasteiger partial charge in [-0.25, -0.2) is 9.28 Å². The molecule has 0 saturated heterocycles. The van der Waals surface area contributed by atoms with E-state index in [2.05, 4.69) is 12.6 Å². The Balaban J connectivity index is 4.78. The maximum atomic E-state index is 11.6. The van der Waals surface area contributed by atoms with Gasteiger partial charge in [0.2, 0.25) is 0 Å². The van der Waals surface area contributed by atoms with Gasteiger partial charge in [-0.1, -0.05) is 30.1 Å². The average molecular weight is 269 g/mol. The summed E-state index contributed by atoms with van der Waals surface area (Å²) in [6.45, 7) is 3.84. The first-order valence-corrected chi connectivity index (χ1v) is 6.05. The molecule has 0 aliphatic heterocycles. The zero-order valence-electron chi connectivity index (χ0n) is 8.70. The van der Waals surface area contributed by atoms with Crippen LogP contribution in [0.2, 0.25) is 0 Å². The zero-order chi connectivity index (χ0) is 11.7. The van der Waals surface area contributed by atoms with Gasteiger partial charge in [0.1, 0.15) is 13.1 Å². The van der Waals surface area contributed by atoms with Crippen LogP contribution in [0.25, 0.3) is 0 Å². The predicted octanol–water partition coefficient (Wildman–Crippen LogP) is 3.77. The second kappa shape index (κ2) is 8.22. The Bertz CT molecular complexity index is 240. The fraction of sp³-hybridized carbons (Fsp3) is 0.500. The second-order valence-electron chi connectivity index (χ2n) is 3.24. The molecule has 0 heterocycles. The molecule has 0 radical (unpaired) electrons. The molecule has 2 nitrogen and oxygen atoms in total. The summed E-state index contributed by atoms with van der Waals surface area (Å²) in [4.78, 5) is 11.6. The van der Waals surface area contributed by atoms with E-state index in [0.29, 0.717) is 13.1 Å². The van der Waals surface area contributed by atoms with Crippen LogP contribution in [0.4, 0.5) is 4.79 Å². The number of halogens is 2. The average Bonchev–Trinajstić information content (AvgIpc) is 2.22. The van der Waals surface area contributed by atoms with Crippen molar-refractivity contribution in [2.45, 2.75) is 13.3 Å². The first-order chi connectivity index (χ1) is 7.13.